The van der Waals surface area contributed by atoms with Crippen LogP contribution in [0.2, 0.25) is 0 Å². The van der Waals surface area contributed by atoms with E-state index in [-0.39, 0.29) is 0 Å². The topological polar surface area (TPSA) is 44.5 Å². The van der Waals surface area contributed by atoms with Crippen molar-refractivity contribution in [1.29, 1.82) is 0 Å². The zero-order chi connectivity index (χ0) is 9.26. The Balaban J connectivity index is 2.45. The van der Waals surface area contributed by atoms with Crippen LogP contribution in [0.5, 0.6) is 11.5 Å². The SMILES string of the molecule is NCCc1c(I)ccc2c1OCO2. The molecule has 1 aromatic rings. The van der Waals surface area contributed by atoms with Gasteiger partial charge in [0.05, 0.1) is 0 Å². The molecule has 4 heteroatoms. The summed E-state index contributed by atoms with van der Waals surface area (Å²) in [6.45, 7) is 0.961. The highest BCUT2D eigenvalue weighted by Gasteiger charge is 2.18. The van der Waals surface area contributed by atoms with E-state index in [2.05, 4.69) is 22.6 Å². The highest BCUT2D eigenvalue weighted by Crippen LogP contribution is 2.37. The van der Waals surface area contributed by atoms with E-state index in [1.165, 1.54) is 3.57 Å². The van der Waals surface area contributed by atoms with Crippen LogP contribution in [0.3, 0.4) is 0 Å². The van der Waals surface area contributed by atoms with Crippen molar-refractivity contribution in [3.05, 3.63) is 21.3 Å². The summed E-state index contributed by atoms with van der Waals surface area (Å²) in [6.07, 6.45) is 0.838. The molecule has 0 unspecified atom stereocenters. The van der Waals surface area contributed by atoms with Crippen LogP contribution in [0.4, 0.5) is 0 Å². The Hall–Kier alpha value is -0.490. The van der Waals surface area contributed by atoms with Crippen molar-refractivity contribution in [2.75, 3.05) is 13.3 Å². The lowest BCUT2D eigenvalue weighted by Crippen LogP contribution is -2.05. The van der Waals surface area contributed by atoms with Gasteiger partial charge < -0.3 is 15.2 Å². The van der Waals surface area contributed by atoms with Gasteiger partial charge >= 0.3 is 0 Å². The molecule has 0 saturated heterocycles. The van der Waals surface area contributed by atoms with Crippen molar-refractivity contribution < 1.29 is 9.47 Å². The zero-order valence-electron chi connectivity index (χ0n) is 7.05. The number of nitrogens with two attached hydrogens (primary N) is 1. The lowest BCUT2D eigenvalue weighted by atomic mass is 10.1. The summed E-state index contributed by atoms with van der Waals surface area (Å²) in [5, 5.41) is 0. The van der Waals surface area contributed by atoms with Gasteiger partial charge in [0.2, 0.25) is 6.79 Å². The second-order valence-electron chi connectivity index (χ2n) is 2.80. The van der Waals surface area contributed by atoms with Gasteiger partial charge in [0.15, 0.2) is 11.5 Å². The van der Waals surface area contributed by atoms with E-state index in [9.17, 15) is 0 Å². The average Bonchev–Trinajstić information content (AvgIpc) is 2.58. The maximum Gasteiger partial charge on any atom is 0.231 e. The summed E-state index contributed by atoms with van der Waals surface area (Å²) < 4.78 is 11.8. The fraction of sp³-hybridized carbons (Fsp3) is 0.333. The van der Waals surface area contributed by atoms with Crippen molar-refractivity contribution in [2.45, 2.75) is 6.42 Å². The van der Waals surface area contributed by atoms with E-state index in [1.807, 2.05) is 12.1 Å². The first kappa shape index (κ1) is 9.08. The standard InChI is InChI=1S/C9H10INO2/c10-7-1-2-8-9(13-5-12-8)6(7)3-4-11/h1-2H,3-5,11H2. The Morgan fingerprint density at radius 2 is 2.23 bits per heavy atom. The van der Waals surface area contributed by atoms with Gasteiger partial charge in [-0.05, 0) is 47.7 Å². The van der Waals surface area contributed by atoms with Crippen LogP contribution >= 0.6 is 22.6 Å². The molecule has 0 spiro atoms. The number of fused-ring (bicyclic) bond motifs is 1. The van der Waals surface area contributed by atoms with Crippen LogP contribution in [-0.2, 0) is 6.42 Å². The minimum absolute atomic E-state index is 0.326. The molecule has 0 aromatic heterocycles. The largest absolute Gasteiger partial charge is 0.454 e. The van der Waals surface area contributed by atoms with Crippen LogP contribution < -0.4 is 15.2 Å². The number of halogens is 1. The molecule has 13 heavy (non-hydrogen) atoms. The maximum absolute atomic E-state index is 5.52. The lowest BCUT2D eigenvalue weighted by molar-refractivity contribution is 0.173. The number of ether oxygens (including phenoxy) is 2. The van der Waals surface area contributed by atoms with Gasteiger partial charge in [-0.25, -0.2) is 0 Å². The molecule has 0 aliphatic carbocycles. The predicted molar refractivity (Wildman–Crippen MR) is 58.0 cm³/mol. The highest BCUT2D eigenvalue weighted by molar-refractivity contribution is 14.1. The van der Waals surface area contributed by atoms with Crippen molar-refractivity contribution >= 4 is 22.6 Å². The minimum Gasteiger partial charge on any atom is -0.454 e. The summed E-state index contributed by atoms with van der Waals surface area (Å²) in [7, 11) is 0. The van der Waals surface area contributed by atoms with Crippen LogP contribution in [-0.4, -0.2) is 13.3 Å². The summed E-state index contributed by atoms with van der Waals surface area (Å²) in [4.78, 5) is 0. The van der Waals surface area contributed by atoms with E-state index in [4.69, 9.17) is 15.2 Å². The maximum atomic E-state index is 5.52. The minimum atomic E-state index is 0.326. The molecule has 1 aromatic carbocycles. The third-order valence-corrected chi connectivity index (χ3v) is 2.99. The van der Waals surface area contributed by atoms with Crippen LogP contribution in [0, 0.1) is 3.57 Å². The van der Waals surface area contributed by atoms with Crippen LogP contribution in [0.1, 0.15) is 5.56 Å². The van der Waals surface area contributed by atoms with E-state index < -0.39 is 0 Å². The van der Waals surface area contributed by atoms with Crippen molar-refractivity contribution in [2.24, 2.45) is 5.73 Å². The Labute approximate surface area is 90.3 Å². The second kappa shape index (κ2) is 3.71. The van der Waals surface area contributed by atoms with Crippen LogP contribution in [0.25, 0.3) is 0 Å². The third kappa shape index (κ3) is 1.60. The molecule has 2 N–H and O–H groups in total. The van der Waals surface area contributed by atoms with Gasteiger partial charge in [-0.2, -0.15) is 0 Å². The summed E-state index contributed by atoms with van der Waals surface area (Å²) in [5.41, 5.74) is 6.69. The second-order valence-corrected chi connectivity index (χ2v) is 3.96. The molecule has 1 heterocycles. The molecule has 1 aliphatic rings. The van der Waals surface area contributed by atoms with Crippen molar-refractivity contribution in [3.8, 4) is 11.5 Å². The Bertz CT molecular complexity index is 328. The van der Waals surface area contributed by atoms with E-state index in [0.29, 0.717) is 13.3 Å². The Morgan fingerprint density at radius 3 is 3.00 bits per heavy atom. The molecule has 3 nitrogen and oxygen atoms in total. The molecule has 70 valence electrons. The third-order valence-electron chi connectivity index (χ3n) is 1.98. The van der Waals surface area contributed by atoms with Gasteiger partial charge in [-0.1, -0.05) is 0 Å². The smallest absolute Gasteiger partial charge is 0.231 e. The van der Waals surface area contributed by atoms with Gasteiger partial charge in [-0.15, -0.1) is 0 Å². The zero-order valence-corrected chi connectivity index (χ0v) is 9.21. The molecule has 0 bridgehead atoms. The molecular formula is C9H10INO2. The van der Waals surface area contributed by atoms with Gasteiger partial charge in [0, 0.05) is 9.13 Å². The summed E-state index contributed by atoms with van der Waals surface area (Å²) in [6, 6.07) is 3.96. The molecular weight excluding hydrogens is 281 g/mol. The normalized spacial score (nSPS) is 13.4. The summed E-state index contributed by atoms with van der Waals surface area (Å²) in [5.74, 6) is 1.71. The number of benzene rings is 1. The molecule has 1 aliphatic heterocycles. The summed E-state index contributed by atoms with van der Waals surface area (Å²) >= 11 is 2.29. The Kier molecular flexibility index (Phi) is 2.59. The van der Waals surface area contributed by atoms with Crippen molar-refractivity contribution in [1.82, 2.24) is 0 Å². The average molecular weight is 291 g/mol. The molecule has 0 atom stereocenters. The number of hydrogen-bond acceptors (Lipinski definition) is 3. The van der Waals surface area contributed by atoms with Gasteiger partial charge in [0.25, 0.3) is 0 Å². The van der Waals surface area contributed by atoms with E-state index in [0.717, 1.165) is 23.5 Å². The lowest BCUT2D eigenvalue weighted by Gasteiger charge is -2.06. The fourth-order valence-corrected chi connectivity index (χ4v) is 2.08. The molecule has 0 amide bonds. The first-order chi connectivity index (χ1) is 6.33. The molecule has 0 radical (unpaired) electrons. The molecule has 0 saturated carbocycles. The fourth-order valence-electron chi connectivity index (χ4n) is 1.38. The first-order valence-electron chi connectivity index (χ1n) is 4.10. The monoisotopic (exact) mass is 291 g/mol. The predicted octanol–water partition coefficient (Wildman–Crippen LogP) is 1.52. The first-order valence-corrected chi connectivity index (χ1v) is 5.18. The number of rotatable bonds is 2. The van der Waals surface area contributed by atoms with E-state index >= 15 is 0 Å². The molecule has 2 rings (SSSR count). The van der Waals surface area contributed by atoms with Crippen LogP contribution in [0.15, 0.2) is 12.1 Å². The van der Waals surface area contributed by atoms with Crippen molar-refractivity contribution in [3.63, 3.8) is 0 Å². The highest BCUT2D eigenvalue weighted by atomic mass is 127. The number of hydrogen-bond donors (Lipinski definition) is 1. The molecule has 0 fully saturated rings. The van der Waals surface area contributed by atoms with Gasteiger partial charge in [0.1, 0.15) is 0 Å². The Morgan fingerprint density at radius 1 is 1.38 bits per heavy atom. The quantitative estimate of drug-likeness (QED) is 0.840. The van der Waals surface area contributed by atoms with Gasteiger partial charge in [-0.3, -0.25) is 0 Å². The van der Waals surface area contributed by atoms with E-state index in [1.54, 1.807) is 0 Å².